The minimum Gasteiger partial charge on any atom is -0.358 e. The number of H-pyrrole nitrogens is 1. The summed E-state index contributed by atoms with van der Waals surface area (Å²) in [5, 5.41) is 5.78. The normalized spacial score (nSPS) is 11.0. The smallest absolute Gasteiger partial charge is 0.225 e. The maximum Gasteiger partial charge on any atom is 0.225 e. The third-order valence-electron chi connectivity index (χ3n) is 3.69. The van der Waals surface area contributed by atoms with Gasteiger partial charge in [-0.2, -0.15) is 0 Å². The minimum atomic E-state index is -0.241. The monoisotopic (exact) mass is 316 g/mol. The van der Waals surface area contributed by atoms with Gasteiger partial charge < -0.3 is 10.3 Å². The van der Waals surface area contributed by atoms with Gasteiger partial charge in [0.05, 0.1) is 6.42 Å². The van der Waals surface area contributed by atoms with E-state index >= 15 is 0 Å². The van der Waals surface area contributed by atoms with Crippen LogP contribution in [0.2, 0.25) is 0 Å². The number of benzene rings is 1. The Balaban J connectivity index is 1.63. The summed E-state index contributed by atoms with van der Waals surface area (Å²) < 4.78 is 13.4. The number of hydrogen-bond donors (Lipinski definition) is 2. The summed E-state index contributed by atoms with van der Waals surface area (Å²) >= 11 is 1.58. The molecule has 0 atom stereocenters. The van der Waals surface area contributed by atoms with Gasteiger partial charge in [-0.3, -0.25) is 4.79 Å². The van der Waals surface area contributed by atoms with Crippen molar-refractivity contribution >= 4 is 28.1 Å². The molecule has 0 spiro atoms. The van der Waals surface area contributed by atoms with Crippen LogP contribution in [0.15, 0.2) is 35.7 Å². The van der Waals surface area contributed by atoms with Gasteiger partial charge in [0.1, 0.15) is 5.82 Å². The zero-order valence-electron chi connectivity index (χ0n) is 12.3. The predicted molar refractivity (Wildman–Crippen MR) is 87.7 cm³/mol. The first-order valence-corrected chi connectivity index (χ1v) is 8.07. The molecule has 0 saturated heterocycles. The lowest BCUT2D eigenvalue weighted by atomic mass is 10.1. The molecular formula is C17H17FN2OS. The fourth-order valence-corrected chi connectivity index (χ4v) is 3.34. The molecule has 0 aliphatic carbocycles. The highest BCUT2D eigenvalue weighted by molar-refractivity contribution is 7.10. The van der Waals surface area contributed by atoms with E-state index in [9.17, 15) is 9.18 Å². The average molecular weight is 316 g/mol. The molecule has 22 heavy (non-hydrogen) atoms. The van der Waals surface area contributed by atoms with Crippen LogP contribution in [0.4, 0.5) is 4.39 Å². The van der Waals surface area contributed by atoms with Crippen LogP contribution in [0.3, 0.4) is 0 Å². The quantitative estimate of drug-likeness (QED) is 0.742. The first-order chi connectivity index (χ1) is 10.6. The first-order valence-electron chi connectivity index (χ1n) is 7.19. The van der Waals surface area contributed by atoms with Gasteiger partial charge in [-0.25, -0.2) is 4.39 Å². The number of aromatic nitrogens is 1. The van der Waals surface area contributed by atoms with E-state index in [1.54, 1.807) is 23.5 Å². The Labute approximate surface area is 132 Å². The molecule has 3 rings (SSSR count). The van der Waals surface area contributed by atoms with Crippen molar-refractivity contribution in [2.24, 2.45) is 0 Å². The van der Waals surface area contributed by atoms with E-state index in [4.69, 9.17) is 0 Å². The van der Waals surface area contributed by atoms with Crippen LogP contribution in [0.25, 0.3) is 10.9 Å². The summed E-state index contributed by atoms with van der Waals surface area (Å²) in [5.41, 5.74) is 3.01. The standard InChI is InChI=1S/C17H17FN2OS/c1-11-14(15-9-12(18)4-5-16(15)20-11)6-7-19-17(21)10-13-3-2-8-22-13/h2-5,8-9,20H,6-7,10H2,1H3,(H,19,21). The maximum absolute atomic E-state index is 13.4. The lowest BCUT2D eigenvalue weighted by molar-refractivity contribution is -0.120. The van der Waals surface area contributed by atoms with Crippen molar-refractivity contribution < 1.29 is 9.18 Å². The third kappa shape index (κ3) is 3.20. The van der Waals surface area contributed by atoms with E-state index in [2.05, 4.69) is 10.3 Å². The van der Waals surface area contributed by atoms with Crippen molar-refractivity contribution in [2.45, 2.75) is 19.8 Å². The van der Waals surface area contributed by atoms with Gasteiger partial charge in [-0.15, -0.1) is 11.3 Å². The number of hydrogen-bond acceptors (Lipinski definition) is 2. The van der Waals surface area contributed by atoms with E-state index in [1.165, 1.54) is 6.07 Å². The average Bonchev–Trinajstić information content (AvgIpc) is 3.08. The summed E-state index contributed by atoms with van der Waals surface area (Å²) in [7, 11) is 0. The van der Waals surface area contributed by atoms with Crippen molar-refractivity contribution in [3.8, 4) is 0 Å². The minimum absolute atomic E-state index is 0.0196. The summed E-state index contributed by atoms with van der Waals surface area (Å²) in [6.07, 6.45) is 1.10. The van der Waals surface area contributed by atoms with E-state index < -0.39 is 0 Å². The zero-order chi connectivity index (χ0) is 15.5. The number of carbonyl (C=O) groups excluding carboxylic acids is 1. The molecule has 114 valence electrons. The fraction of sp³-hybridized carbons (Fsp3) is 0.235. The second kappa shape index (κ2) is 6.32. The molecule has 0 saturated carbocycles. The molecule has 0 unspecified atom stereocenters. The third-order valence-corrected chi connectivity index (χ3v) is 4.57. The number of fused-ring (bicyclic) bond motifs is 1. The number of thiophene rings is 1. The van der Waals surface area contributed by atoms with Crippen molar-refractivity contribution in [1.82, 2.24) is 10.3 Å². The second-order valence-corrected chi connectivity index (χ2v) is 6.31. The molecule has 1 amide bonds. The number of amides is 1. The molecule has 3 aromatic rings. The summed E-state index contributed by atoms with van der Waals surface area (Å²) in [6, 6.07) is 8.64. The van der Waals surface area contributed by atoms with Crippen LogP contribution in [0.1, 0.15) is 16.1 Å². The number of halogens is 1. The van der Waals surface area contributed by atoms with Gasteiger partial charge in [-0.1, -0.05) is 6.07 Å². The number of carbonyl (C=O) groups is 1. The molecule has 0 aliphatic rings. The van der Waals surface area contributed by atoms with E-state index in [0.717, 1.165) is 27.0 Å². The molecule has 0 bridgehead atoms. The van der Waals surface area contributed by atoms with Gasteiger partial charge in [0.25, 0.3) is 0 Å². The van der Waals surface area contributed by atoms with E-state index in [0.29, 0.717) is 19.4 Å². The van der Waals surface area contributed by atoms with Gasteiger partial charge in [0, 0.05) is 28.0 Å². The first kappa shape index (κ1) is 14.8. The van der Waals surface area contributed by atoms with Gasteiger partial charge in [-0.05, 0) is 48.6 Å². The zero-order valence-corrected chi connectivity index (χ0v) is 13.1. The van der Waals surface area contributed by atoms with Crippen LogP contribution >= 0.6 is 11.3 Å². The Morgan fingerprint density at radius 1 is 1.36 bits per heavy atom. The van der Waals surface area contributed by atoms with Crippen LogP contribution in [-0.2, 0) is 17.6 Å². The van der Waals surface area contributed by atoms with Gasteiger partial charge in [0.15, 0.2) is 0 Å². The van der Waals surface area contributed by atoms with Crippen molar-refractivity contribution in [2.75, 3.05) is 6.54 Å². The molecule has 2 heterocycles. The summed E-state index contributed by atoms with van der Waals surface area (Å²) in [6.45, 7) is 2.52. The lowest BCUT2D eigenvalue weighted by Crippen LogP contribution is -2.27. The molecular weight excluding hydrogens is 299 g/mol. The highest BCUT2D eigenvalue weighted by Gasteiger charge is 2.10. The summed E-state index contributed by atoms with van der Waals surface area (Å²) in [5.74, 6) is -0.222. The molecule has 0 aliphatic heterocycles. The van der Waals surface area contributed by atoms with Crippen LogP contribution in [0, 0.1) is 12.7 Å². The Morgan fingerprint density at radius 3 is 3.00 bits per heavy atom. The number of rotatable bonds is 5. The Bertz CT molecular complexity index is 792. The van der Waals surface area contributed by atoms with E-state index in [-0.39, 0.29) is 11.7 Å². The Morgan fingerprint density at radius 2 is 2.23 bits per heavy atom. The molecule has 5 heteroatoms. The molecule has 2 aromatic heterocycles. The van der Waals surface area contributed by atoms with Crippen LogP contribution in [0.5, 0.6) is 0 Å². The number of aromatic amines is 1. The highest BCUT2D eigenvalue weighted by Crippen LogP contribution is 2.23. The topological polar surface area (TPSA) is 44.9 Å². The highest BCUT2D eigenvalue weighted by atomic mass is 32.1. The maximum atomic E-state index is 13.4. The molecule has 1 aromatic carbocycles. The predicted octanol–water partition coefficient (Wildman–Crippen LogP) is 3.58. The van der Waals surface area contributed by atoms with Crippen molar-refractivity contribution in [1.29, 1.82) is 0 Å². The molecule has 3 nitrogen and oxygen atoms in total. The Kier molecular flexibility index (Phi) is 4.24. The van der Waals surface area contributed by atoms with Crippen LogP contribution in [-0.4, -0.2) is 17.4 Å². The molecule has 2 N–H and O–H groups in total. The Hall–Kier alpha value is -2.14. The van der Waals surface area contributed by atoms with Crippen LogP contribution < -0.4 is 5.32 Å². The molecule has 0 radical (unpaired) electrons. The van der Waals surface area contributed by atoms with Crippen molar-refractivity contribution in [3.63, 3.8) is 0 Å². The summed E-state index contributed by atoms with van der Waals surface area (Å²) in [4.78, 5) is 16.2. The number of nitrogens with one attached hydrogen (secondary N) is 2. The fourth-order valence-electron chi connectivity index (χ4n) is 2.64. The number of aryl methyl sites for hydroxylation is 1. The largest absolute Gasteiger partial charge is 0.358 e. The lowest BCUT2D eigenvalue weighted by Gasteiger charge is -2.05. The SMILES string of the molecule is Cc1[nH]c2ccc(F)cc2c1CCNC(=O)Cc1cccs1. The van der Waals surface area contributed by atoms with Gasteiger partial charge >= 0.3 is 0 Å². The van der Waals surface area contributed by atoms with Gasteiger partial charge in [0.2, 0.25) is 5.91 Å². The second-order valence-electron chi connectivity index (χ2n) is 5.27. The van der Waals surface area contributed by atoms with E-state index in [1.807, 2.05) is 24.4 Å². The molecule has 0 fully saturated rings. The van der Waals surface area contributed by atoms with Crippen molar-refractivity contribution in [3.05, 3.63) is 57.7 Å².